The topological polar surface area (TPSA) is 44.3 Å². The van der Waals surface area contributed by atoms with Crippen LogP contribution in [0.2, 0.25) is 0 Å². The number of nitrogens with one attached hydrogen (secondary N) is 1. The van der Waals surface area contributed by atoms with Crippen molar-refractivity contribution in [3.8, 4) is 0 Å². The summed E-state index contributed by atoms with van der Waals surface area (Å²) in [5.41, 5.74) is 2.05. The smallest absolute Gasteiger partial charge is 0.306 e. The third-order valence-corrected chi connectivity index (χ3v) is 5.94. The molecule has 2 aliphatic heterocycles. The number of benzene rings is 1. The van der Waals surface area contributed by atoms with Gasteiger partial charge in [0.05, 0.1) is 11.0 Å². The van der Waals surface area contributed by atoms with E-state index in [9.17, 15) is 4.79 Å². The van der Waals surface area contributed by atoms with E-state index in [2.05, 4.69) is 20.9 Å². The van der Waals surface area contributed by atoms with Crippen molar-refractivity contribution >= 4 is 11.0 Å². The zero-order chi connectivity index (χ0) is 17.1. The molecule has 3 heterocycles. The maximum Gasteiger partial charge on any atom is 0.326 e. The molecule has 5 heteroatoms. The van der Waals surface area contributed by atoms with Crippen LogP contribution >= 0.6 is 0 Å². The van der Waals surface area contributed by atoms with Crippen LogP contribution in [0, 0.1) is 0 Å². The molecule has 2 aliphatic rings. The fourth-order valence-corrected chi connectivity index (χ4v) is 4.54. The lowest BCUT2D eigenvalue weighted by molar-refractivity contribution is 0.166. The van der Waals surface area contributed by atoms with Gasteiger partial charge < -0.3 is 14.8 Å². The van der Waals surface area contributed by atoms with Gasteiger partial charge in [-0.1, -0.05) is 18.6 Å². The van der Waals surface area contributed by atoms with Gasteiger partial charge in [0.1, 0.15) is 0 Å². The second-order valence-corrected chi connectivity index (χ2v) is 7.65. The lowest BCUT2D eigenvalue weighted by Crippen LogP contribution is -2.39. The minimum Gasteiger partial charge on any atom is -0.306 e. The molecule has 25 heavy (non-hydrogen) atoms. The van der Waals surface area contributed by atoms with E-state index in [1.807, 2.05) is 22.8 Å². The molecule has 0 aliphatic carbocycles. The molecule has 2 aromatic rings. The summed E-state index contributed by atoms with van der Waals surface area (Å²) < 4.78 is 1.99. The molecular formula is C20H30N4O. The van der Waals surface area contributed by atoms with Crippen LogP contribution in [-0.2, 0) is 0 Å². The number of nitrogens with zero attached hydrogens (tertiary/aromatic N) is 3. The quantitative estimate of drug-likeness (QED) is 0.909. The molecule has 0 spiro atoms. The summed E-state index contributed by atoms with van der Waals surface area (Å²) in [4.78, 5) is 20.6. The van der Waals surface area contributed by atoms with Crippen molar-refractivity contribution in [1.82, 2.24) is 19.4 Å². The predicted octanol–water partition coefficient (Wildman–Crippen LogP) is 2.84. The molecule has 5 nitrogen and oxygen atoms in total. The van der Waals surface area contributed by atoms with Crippen molar-refractivity contribution in [2.75, 3.05) is 39.3 Å². The summed E-state index contributed by atoms with van der Waals surface area (Å²) in [7, 11) is 0. The zero-order valence-electron chi connectivity index (χ0n) is 15.1. The fourth-order valence-electron chi connectivity index (χ4n) is 4.54. The Labute approximate surface area is 149 Å². The molecule has 1 N–H and O–H groups in total. The third kappa shape index (κ3) is 3.82. The van der Waals surface area contributed by atoms with Gasteiger partial charge in [0.15, 0.2) is 0 Å². The molecule has 0 atom stereocenters. The molecule has 136 valence electrons. The number of imidazole rings is 1. The summed E-state index contributed by atoms with van der Waals surface area (Å²) in [6, 6.07) is 8.37. The second kappa shape index (κ2) is 7.75. The average Bonchev–Trinajstić information content (AvgIpc) is 2.99. The Kier molecular flexibility index (Phi) is 5.22. The minimum absolute atomic E-state index is 0.0461. The lowest BCUT2D eigenvalue weighted by Gasteiger charge is -2.33. The van der Waals surface area contributed by atoms with Crippen molar-refractivity contribution in [3.63, 3.8) is 0 Å². The van der Waals surface area contributed by atoms with Crippen LogP contribution in [0.3, 0.4) is 0 Å². The molecule has 0 bridgehead atoms. The van der Waals surface area contributed by atoms with Gasteiger partial charge in [0.25, 0.3) is 0 Å². The molecule has 1 aromatic heterocycles. The van der Waals surface area contributed by atoms with Crippen molar-refractivity contribution in [1.29, 1.82) is 0 Å². The summed E-state index contributed by atoms with van der Waals surface area (Å²) in [5, 5.41) is 0. The first-order chi connectivity index (χ1) is 12.3. The number of rotatable bonds is 5. The monoisotopic (exact) mass is 342 g/mol. The first-order valence-corrected chi connectivity index (χ1v) is 9.95. The Balaban J connectivity index is 1.29. The molecule has 0 radical (unpaired) electrons. The molecule has 0 amide bonds. The maximum absolute atomic E-state index is 12.4. The molecule has 0 saturated carbocycles. The Morgan fingerprint density at radius 1 is 0.920 bits per heavy atom. The van der Waals surface area contributed by atoms with Crippen molar-refractivity contribution in [2.24, 2.45) is 0 Å². The number of para-hydroxylation sites is 2. The highest BCUT2D eigenvalue weighted by molar-refractivity contribution is 5.75. The molecular weight excluding hydrogens is 312 g/mol. The minimum atomic E-state index is 0.0461. The maximum atomic E-state index is 12.4. The van der Waals surface area contributed by atoms with Crippen LogP contribution in [0.15, 0.2) is 29.1 Å². The molecule has 2 fully saturated rings. The number of fused-ring (bicyclic) bond motifs is 1. The van der Waals surface area contributed by atoms with Gasteiger partial charge in [-0.15, -0.1) is 0 Å². The van der Waals surface area contributed by atoms with E-state index in [0.29, 0.717) is 6.04 Å². The normalized spacial score (nSPS) is 21.1. The van der Waals surface area contributed by atoms with E-state index in [1.165, 1.54) is 51.9 Å². The zero-order valence-corrected chi connectivity index (χ0v) is 15.1. The molecule has 0 unspecified atom stereocenters. The van der Waals surface area contributed by atoms with Crippen LogP contribution in [0.4, 0.5) is 0 Å². The molecule has 2 saturated heterocycles. The number of piperidine rings is 2. The Morgan fingerprint density at radius 2 is 1.60 bits per heavy atom. The largest absolute Gasteiger partial charge is 0.326 e. The number of hydrogen-bond donors (Lipinski definition) is 1. The van der Waals surface area contributed by atoms with E-state index in [0.717, 1.165) is 37.0 Å². The number of aromatic amines is 1. The van der Waals surface area contributed by atoms with Crippen LogP contribution in [0.25, 0.3) is 11.0 Å². The van der Waals surface area contributed by atoms with Crippen LogP contribution in [0.5, 0.6) is 0 Å². The Morgan fingerprint density at radius 3 is 2.36 bits per heavy atom. The van der Waals surface area contributed by atoms with Crippen molar-refractivity contribution in [3.05, 3.63) is 34.7 Å². The van der Waals surface area contributed by atoms with Gasteiger partial charge in [-0.25, -0.2) is 4.79 Å². The number of H-pyrrole nitrogens is 1. The number of likely N-dealkylation sites (tertiary alicyclic amines) is 2. The Hall–Kier alpha value is -1.59. The van der Waals surface area contributed by atoms with Crippen molar-refractivity contribution < 1.29 is 0 Å². The van der Waals surface area contributed by atoms with Crippen molar-refractivity contribution in [2.45, 2.75) is 44.6 Å². The van der Waals surface area contributed by atoms with E-state index in [1.54, 1.807) is 0 Å². The first-order valence-electron chi connectivity index (χ1n) is 9.95. The molecule has 4 rings (SSSR count). The van der Waals surface area contributed by atoms with Gasteiger partial charge in [-0.2, -0.15) is 0 Å². The second-order valence-electron chi connectivity index (χ2n) is 7.65. The lowest BCUT2D eigenvalue weighted by atomic mass is 10.0. The van der Waals surface area contributed by atoms with Crippen LogP contribution in [-0.4, -0.2) is 58.6 Å². The third-order valence-electron chi connectivity index (χ3n) is 5.94. The Bertz CT molecular complexity index is 735. The van der Waals surface area contributed by atoms with E-state index in [-0.39, 0.29) is 5.69 Å². The number of hydrogen-bond acceptors (Lipinski definition) is 3. The van der Waals surface area contributed by atoms with Crippen LogP contribution in [0.1, 0.15) is 44.6 Å². The number of aromatic nitrogens is 2. The van der Waals surface area contributed by atoms with Gasteiger partial charge >= 0.3 is 5.69 Å². The summed E-state index contributed by atoms with van der Waals surface area (Å²) in [5.74, 6) is 0. The van der Waals surface area contributed by atoms with E-state index < -0.39 is 0 Å². The van der Waals surface area contributed by atoms with Crippen LogP contribution < -0.4 is 5.69 Å². The van der Waals surface area contributed by atoms with Gasteiger partial charge in [0.2, 0.25) is 0 Å². The SMILES string of the molecule is O=c1[nH]c2ccccc2n1C1CCN(CCCN2CCCCC2)CC1. The molecule has 1 aromatic carbocycles. The highest BCUT2D eigenvalue weighted by Crippen LogP contribution is 2.24. The predicted molar refractivity (Wildman–Crippen MR) is 102 cm³/mol. The van der Waals surface area contributed by atoms with E-state index in [4.69, 9.17) is 0 Å². The summed E-state index contributed by atoms with van der Waals surface area (Å²) >= 11 is 0. The highest BCUT2D eigenvalue weighted by atomic mass is 16.1. The average molecular weight is 342 g/mol. The first kappa shape index (κ1) is 16.9. The summed E-state index contributed by atoms with van der Waals surface area (Å²) in [6.07, 6.45) is 7.60. The van der Waals surface area contributed by atoms with Gasteiger partial charge in [0, 0.05) is 19.1 Å². The standard InChI is InChI=1S/C20H30N4O/c25-20-21-18-7-2-3-8-19(18)24(20)17-9-15-23(16-10-17)14-6-13-22-11-4-1-5-12-22/h2-3,7-8,17H,1,4-6,9-16H2,(H,21,25). The van der Waals surface area contributed by atoms with Gasteiger partial charge in [-0.3, -0.25) is 4.57 Å². The van der Waals surface area contributed by atoms with Gasteiger partial charge in [-0.05, 0) is 70.4 Å². The summed E-state index contributed by atoms with van der Waals surface area (Å²) in [6.45, 7) is 7.26. The van der Waals surface area contributed by atoms with E-state index >= 15 is 0 Å². The fraction of sp³-hybridized carbons (Fsp3) is 0.650. The highest BCUT2D eigenvalue weighted by Gasteiger charge is 2.23.